The minimum atomic E-state index is -1.66. The van der Waals surface area contributed by atoms with E-state index in [4.69, 9.17) is 14.9 Å². The van der Waals surface area contributed by atoms with Crippen LogP contribution in [0.15, 0.2) is 47.3 Å². The minimum absolute atomic E-state index is 0.251. The molecule has 4 heterocycles. The number of hydrogen-bond acceptors (Lipinski definition) is 8. The van der Waals surface area contributed by atoms with E-state index in [0.717, 1.165) is 11.0 Å². The maximum Gasteiger partial charge on any atom is 0.167 e. The van der Waals surface area contributed by atoms with Gasteiger partial charge in [0.25, 0.3) is 0 Å². The fourth-order valence-electron chi connectivity index (χ4n) is 3.98. The summed E-state index contributed by atoms with van der Waals surface area (Å²) >= 11 is 0. The van der Waals surface area contributed by atoms with E-state index in [0.29, 0.717) is 22.4 Å². The van der Waals surface area contributed by atoms with Crippen molar-refractivity contribution in [1.29, 1.82) is 0 Å². The fourth-order valence-corrected chi connectivity index (χ4v) is 3.98. The molecule has 5 rings (SSSR count). The van der Waals surface area contributed by atoms with Crippen LogP contribution in [-0.4, -0.2) is 54.3 Å². The van der Waals surface area contributed by atoms with Crippen LogP contribution in [0.3, 0.4) is 0 Å². The fraction of sp³-hybridized carbons (Fsp3) is 0.300. The molecule has 9 nitrogen and oxygen atoms in total. The molecule has 0 saturated carbocycles. The summed E-state index contributed by atoms with van der Waals surface area (Å²) < 4.78 is 13.3. The highest BCUT2D eigenvalue weighted by Crippen LogP contribution is 2.43. The van der Waals surface area contributed by atoms with Crippen LogP contribution in [0, 0.1) is 0 Å². The zero-order chi connectivity index (χ0) is 20.3. The second-order valence-corrected chi connectivity index (χ2v) is 7.44. The number of furan rings is 1. The normalized spacial score (nSPS) is 27.2. The zero-order valence-corrected chi connectivity index (χ0v) is 15.6. The van der Waals surface area contributed by atoms with Crippen molar-refractivity contribution >= 4 is 27.8 Å². The van der Waals surface area contributed by atoms with Crippen LogP contribution in [0.2, 0.25) is 0 Å². The maximum absolute atomic E-state index is 10.9. The van der Waals surface area contributed by atoms with E-state index < -0.39 is 30.6 Å². The number of aliphatic hydroxyl groups is 3. The number of benzene rings is 1. The van der Waals surface area contributed by atoms with Crippen LogP contribution in [0.1, 0.15) is 13.2 Å². The van der Waals surface area contributed by atoms with Crippen molar-refractivity contribution in [3.05, 3.63) is 42.9 Å². The number of nitrogen functional groups attached to an aromatic ring is 1. The first-order valence-electron chi connectivity index (χ1n) is 9.18. The Morgan fingerprint density at radius 2 is 2.07 bits per heavy atom. The number of hydrogen-bond donors (Lipinski definition) is 4. The molecule has 150 valence electrons. The molecule has 9 heteroatoms. The van der Waals surface area contributed by atoms with E-state index in [9.17, 15) is 15.3 Å². The molecular formula is C20H20N4O5. The summed E-state index contributed by atoms with van der Waals surface area (Å²) in [5.41, 5.74) is 6.26. The summed E-state index contributed by atoms with van der Waals surface area (Å²) in [5, 5.41) is 32.2. The summed E-state index contributed by atoms with van der Waals surface area (Å²) in [6.07, 6.45) is -0.172. The average molecular weight is 396 g/mol. The number of nitrogens with zero attached hydrogens (tertiary/aromatic N) is 3. The molecule has 0 radical (unpaired) electrons. The van der Waals surface area contributed by atoms with Gasteiger partial charge in [-0.05, 0) is 19.1 Å². The Kier molecular flexibility index (Phi) is 3.90. The lowest BCUT2D eigenvalue weighted by Crippen LogP contribution is -2.44. The molecule has 0 amide bonds. The third-order valence-corrected chi connectivity index (χ3v) is 5.52. The molecule has 1 aromatic carbocycles. The zero-order valence-electron chi connectivity index (χ0n) is 15.6. The number of anilines is 1. The highest BCUT2D eigenvalue weighted by atomic mass is 16.6. The lowest BCUT2D eigenvalue weighted by atomic mass is 9.96. The van der Waals surface area contributed by atoms with Gasteiger partial charge in [-0.3, -0.25) is 0 Å². The van der Waals surface area contributed by atoms with Crippen molar-refractivity contribution in [2.45, 2.75) is 31.0 Å². The number of aromatic nitrogens is 3. The van der Waals surface area contributed by atoms with E-state index in [2.05, 4.69) is 9.97 Å². The molecule has 0 spiro atoms. The standard InChI is InChI=1S/C20H20N4O5/c1-20(27)16(26)14(8-25)29-19(20)24-7-11(15-17(21)22-9-23-18(15)24)13-6-10-4-2-3-5-12(10)28-13/h2-7,9,14,16,19,25-27H,8H2,1H3,(H2,21,22,23)/t14-,16?,19-,20-/m1/s1. The lowest BCUT2D eigenvalue weighted by molar-refractivity contribution is -0.0948. The number of nitrogens with two attached hydrogens (primary N) is 1. The largest absolute Gasteiger partial charge is 0.456 e. The van der Waals surface area contributed by atoms with Crippen LogP contribution in [-0.2, 0) is 4.74 Å². The summed E-state index contributed by atoms with van der Waals surface area (Å²) in [6.45, 7) is 1.02. The molecule has 4 aromatic rings. The van der Waals surface area contributed by atoms with Crippen molar-refractivity contribution in [2.24, 2.45) is 0 Å². The van der Waals surface area contributed by atoms with Gasteiger partial charge in [-0.1, -0.05) is 18.2 Å². The van der Waals surface area contributed by atoms with Crippen molar-refractivity contribution in [3.63, 3.8) is 0 Å². The van der Waals surface area contributed by atoms with E-state index >= 15 is 0 Å². The number of fused-ring (bicyclic) bond motifs is 2. The van der Waals surface area contributed by atoms with Crippen molar-refractivity contribution in [2.75, 3.05) is 12.3 Å². The quantitative estimate of drug-likeness (QED) is 0.408. The topological polar surface area (TPSA) is 140 Å². The Bertz CT molecular complexity index is 1180. The SMILES string of the molecule is C[C@@]1(O)C(O)[C@@H](CO)O[C@H]1n1cc(-c2cc3ccccc3o2)c2c(N)ncnc21. The van der Waals surface area contributed by atoms with Gasteiger partial charge in [0.1, 0.15) is 46.9 Å². The molecule has 3 aromatic heterocycles. The first-order valence-corrected chi connectivity index (χ1v) is 9.18. The Hall–Kier alpha value is -2.98. The van der Waals surface area contributed by atoms with Gasteiger partial charge < -0.3 is 34.8 Å². The van der Waals surface area contributed by atoms with Crippen LogP contribution in [0.4, 0.5) is 5.82 Å². The molecule has 5 N–H and O–H groups in total. The molecule has 4 atom stereocenters. The molecule has 0 bridgehead atoms. The molecular weight excluding hydrogens is 376 g/mol. The van der Waals surface area contributed by atoms with Crippen molar-refractivity contribution in [3.8, 4) is 11.3 Å². The highest BCUT2D eigenvalue weighted by Gasteiger charge is 2.53. The van der Waals surface area contributed by atoms with Crippen molar-refractivity contribution < 1.29 is 24.5 Å². The predicted octanol–water partition coefficient (Wildman–Crippen LogP) is 1.43. The average Bonchev–Trinajstić information content (AvgIpc) is 3.35. The Balaban J connectivity index is 1.73. The highest BCUT2D eigenvalue weighted by molar-refractivity contribution is 6.01. The summed E-state index contributed by atoms with van der Waals surface area (Å²) in [6, 6.07) is 9.50. The van der Waals surface area contributed by atoms with Crippen LogP contribution in [0.25, 0.3) is 33.3 Å². The molecule has 29 heavy (non-hydrogen) atoms. The van der Waals surface area contributed by atoms with Gasteiger partial charge >= 0.3 is 0 Å². The maximum atomic E-state index is 10.9. The first-order chi connectivity index (χ1) is 13.9. The van der Waals surface area contributed by atoms with Gasteiger partial charge in [0.2, 0.25) is 0 Å². The predicted molar refractivity (Wildman–Crippen MR) is 105 cm³/mol. The molecule has 1 saturated heterocycles. The minimum Gasteiger partial charge on any atom is -0.456 e. The van der Waals surface area contributed by atoms with E-state index in [1.807, 2.05) is 30.3 Å². The Labute approximate surface area is 165 Å². The lowest BCUT2D eigenvalue weighted by Gasteiger charge is -2.27. The van der Waals surface area contributed by atoms with Gasteiger partial charge in [-0.2, -0.15) is 0 Å². The van der Waals surface area contributed by atoms with Gasteiger partial charge in [-0.25, -0.2) is 9.97 Å². The van der Waals surface area contributed by atoms with Gasteiger partial charge in [0.05, 0.1) is 12.0 Å². The molecule has 1 aliphatic heterocycles. The third-order valence-electron chi connectivity index (χ3n) is 5.52. The van der Waals surface area contributed by atoms with Crippen LogP contribution < -0.4 is 5.73 Å². The smallest absolute Gasteiger partial charge is 0.167 e. The number of aliphatic hydroxyl groups excluding tert-OH is 2. The van der Waals surface area contributed by atoms with Crippen LogP contribution >= 0.6 is 0 Å². The van der Waals surface area contributed by atoms with Crippen LogP contribution in [0.5, 0.6) is 0 Å². The Morgan fingerprint density at radius 3 is 2.79 bits per heavy atom. The second kappa shape index (κ2) is 6.26. The number of ether oxygens (including phenoxy) is 1. The van der Waals surface area contributed by atoms with Gasteiger partial charge in [0, 0.05) is 17.1 Å². The monoisotopic (exact) mass is 396 g/mol. The van der Waals surface area contributed by atoms with Crippen molar-refractivity contribution in [1.82, 2.24) is 14.5 Å². The molecule has 1 aliphatic rings. The second-order valence-electron chi connectivity index (χ2n) is 7.44. The van der Waals surface area contributed by atoms with E-state index in [-0.39, 0.29) is 5.82 Å². The van der Waals surface area contributed by atoms with Gasteiger partial charge in [0.15, 0.2) is 6.23 Å². The van der Waals surface area contributed by atoms with Gasteiger partial charge in [-0.15, -0.1) is 0 Å². The summed E-state index contributed by atoms with van der Waals surface area (Å²) in [5.74, 6) is 0.814. The third kappa shape index (κ3) is 2.56. The summed E-state index contributed by atoms with van der Waals surface area (Å²) in [7, 11) is 0. The molecule has 1 fully saturated rings. The Morgan fingerprint density at radius 1 is 1.28 bits per heavy atom. The number of rotatable bonds is 3. The van der Waals surface area contributed by atoms with E-state index in [1.54, 1.807) is 10.8 Å². The number of para-hydroxylation sites is 1. The molecule has 1 unspecified atom stereocenters. The summed E-state index contributed by atoms with van der Waals surface area (Å²) in [4.78, 5) is 8.41. The van der Waals surface area contributed by atoms with E-state index in [1.165, 1.54) is 13.3 Å². The molecule has 0 aliphatic carbocycles. The first kappa shape index (κ1) is 18.1.